The highest BCUT2D eigenvalue weighted by atomic mass is 127. The van der Waals surface area contributed by atoms with E-state index in [0.29, 0.717) is 5.92 Å². The van der Waals surface area contributed by atoms with Gasteiger partial charge in [-0.25, -0.2) is 4.79 Å². The van der Waals surface area contributed by atoms with Gasteiger partial charge in [-0.15, -0.1) is 0 Å². The van der Waals surface area contributed by atoms with Crippen molar-refractivity contribution in [1.29, 1.82) is 5.26 Å². The summed E-state index contributed by atoms with van der Waals surface area (Å²) in [5, 5.41) is 9.05. The molecule has 0 unspecified atom stereocenters. The van der Waals surface area contributed by atoms with E-state index < -0.39 is 5.60 Å². The first-order valence-electron chi connectivity index (χ1n) is 6.95. The van der Waals surface area contributed by atoms with Crippen molar-refractivity contribution < 1.29 is 9.53 Å². The quantitative estimate of drug-likeness (QED) is 0.716. The van der Waals surface area contributed by atoms with Crippen LogP contribution in [0.4, 0.5) is 4.79 Å². The lowest BCUT2D eigenvalue weighted by molar-refractivity contribution is -0.000901. The first kappa shape index (κ1) is 16.1. The number of benzene rings is 1. The van der Waals surface area contributed by atoms with Crippen molar-refractivity contribution in [3.05, 3.63) is 32.9 Å². The third kappa shape index (κ3) is 4.10. The molecule has 0 atom stereocenters. The van der Waals surface area contributed by atoms with Crippen LogP contribution in [0.25, 0.3) is 0 Å². The molecule has 1 aliphatic heterocycles. The van der Waals surface area contributed by atoms with E-state index in [0.717, 1.165) is 28.6 Å². The number of likely N-dealkylation sites (tertiary alicyclic amines) is 1. The van der Waals surface area contributed by atoms with Gasteiger partial charge in [0.1, 0.15) is 11.7 Å². The molecule has 0 N–H and O–H groups in total. The average Bonchev–Trinajstić information content (AvgIpc) is 2.32. The number of carbonyl (C=O) groups is 1. The Bertz CT molecular complexity index is 581. The number of hydrogen-bond donors (Lipinski definition) is 0. The first-order chi connectivity index (χ1) is 9.80. The zero-order valence-corrected chi connectivity index (χ0v) is 14.7. The van der Waals surface area contributed by atoms with Crippen molar-refractivity contribution in [3.63, 3.8) is 0 Å². The number of carbonyl (C=O) groups excluding carboxylic acids is 1. The van der Waals surface area contributed by atoms with Gasteiger partial charge < -0.3 is 9.64 Å². The summed E-state index contributed by atoms with van der Waals surface area (Å²) in [5.74, 6) is 0.444. The van der Waals surface area contributed by atoms with Crippen LogP contribution in [-0.4, -0.2) is 29.7 Å². The van der Waals surface area contributed by atoms with E-state index in [-0.39, 0.29) is 6.09 Å². The van der Waals surface area contributed by atoms with E-state index in [1.807, 2.05) is 32.9 Å². The third-order valence-electron chi connectivity index (χ3n) is 3.32. The van der Waals surface area contributed by atoms with Crippen LogP contribution < -0.4 is 0 Å². The molecule has 21 heavy (non-hydrogen) atoms. The highest BCUT2D eigenvalue weighted by Crippen LogP contribution is 2.26. The third-order valence-corrected chi connectivity index (χ3v) is 4.59. The number of rotatable bonds is 2. The van der Waals surface area contributed by atoms with Gasteiger partial charge in [-0.1, -0.05) is 12.1 Å². The van der Waals surface area contributed by atoms with Gasteiger partial charge >= 0.3 is 6.09 Å². The minimum atomic E-state index is -0.446. The summed E-state index contributed by atoms with van der Waals surface area (Å²) in [6, 6.07) is 8.01. The molecule has 1 fully saturated rings. The summed E-state index contributed by atoms with van der Waals surface area (Å²) in [5.41, 5.74) is 1.46. The van der Waals surface area contributed by atoms with Crippen LogP contribution in [0.1, 0.15) is 31.9 Å². The van der Waals surface area contributed by atoms with Crippen LogP contribution in [0.3, 0.4) is 0 Å². The van der Waals surface area contributed by atoms with Crippen molar-refractivity contribution >= 4 is 28.7 Å². The fourth-order valence-electron chi connectivity index (χ4n) is 2.31. The predicted octanol–water partition coefficient (Wildman–Crippen LogP) is 3.57. The van der Waals surface area contributed by atoms with Crippen LogP contribution in [0, 0.1) is 20.8 Å². The van der Waals surface area contributed by atoms with Gasteiger partial charge in [-0.2, -0.15) is 5.26 Å². The molecule has 0 aliphatic carbocycles. The van der Waals surface area contributed by atoms with Gasteiger partial charge in [0, 0.05) is 16.7 Å². The molecule has 1 aromatic rings. The predicted molar refractivity (Wildman–Crippen MR) is 88.9 cm³/mol. The molecule has 2 rings (SSSR count). The number of hydrogen-bond acceptors (Lipinski definition) is 3. The minimum Gasteiger partial charge on any atom is -0.444 e. The smallest absolute Gasteiger partial charge is 0.410 e. The number of ether oxygens (including phenoxy) is 1. The van der Waals surface area contributed by atoms with E-state index in [1.165, 1.54) is 5.56 Å². The van der Waals surface area contributed by atoms with Crippen LogP contribution in [0.15, 0.2) is 18.2 Å². The molecule has 1 aliphatic rings. The van der Waals surface area contributed by atoms with Crippen LogP contribution in [0.5, 0.6) is 0 Å². The Morgan fingerprint density at radius 1 is 1.48 bits per heavy atom. The molecule has 112 valence electrons. The Morgan fingerprint density at radius 3 is 2.71 bits per heavy atom. The molecule has 0 radical (unpaired) electrons. The molecule has 5 heteroatoms. The molecule has 1 heterocycles. The van der Waals surface area contributed by atoms with Gasteiger partial charge in [-0.05, 0) is 67.3 Å². The maximum absolute atomic E-state index is 11.9. The fourth-order valence-corrected chi connectivity index (χ4v) is 3.01. The lowest BCUT2D eigenvalue weighted by Crippen LogP contribution is -2.52. The maximum atomic E-state index is 11.9. The highest BCUT2D eigenvalue weighted by Gasteiger charge is 2.33. The van der Waals surface area contributed by atoms with Crippen LogP contribution in [0.2, 0.25) is 0 Å². The van der Waals surface area contributed by atoms with E-state index in [4.69, 9.17) is 10.00 Å². The number of nitrogens with zero attached hydrogens (tertiary/aromatic N) is 2. The number of halogens is 1. The Hall–Kier alpha value is -1.29. The van der Waals surface area contributed by atoms with Gasteiger partial charge in [0.25, 0.3) is 0 Å². The normalized spacial score (nSPS) is 15.3. The van der Waals surface area contributed by atoms with Crippen molar-refractivity contribution in [2.75, 3.05) is 13.1 Å². The van der Waals surface area contributed by atoms with Crippen molar-refractivity contribution in [1.82, 2.24) is 4.90 Å². The Labute approximate surface area is 139 Å². The van der Waals surface area contributed by atoms with Crippen molar-refractivity contribution in [3.8, 4) is 6.07 Å². The van der Waals surface area contributed by atoms with Gasteiger partial charge in [-0.3, -0.25) is 0 Å². The summed E-state index contributed by atoms with van der Waals surface area (Å²) >= 11 is 2.22. The monoisotopic (exact) mass is 398 g/mol. The van der Waals surface area contributed by atoms with E-state index in [9.17, 15) is 4.79 Å². The Kier molecular flexibility index (Phi) is 4.77. The zero-order chi connectivity index (χ0) is 15.6. The molecule has 1 aromatic carbocycles. The Morgan fingerprint density at radius 2 is 2.14 bits per heavy atom. The summed E-state index contributed by atoms with van der Waals surface area (Å²) in [6.07, 6.45) is 0.659. The molecular formula is C16H19IN2O2. The average molecular weight is 398 g/mol. The van der Waals surface area contributed by atoms with Crippen molar-refractivity contribution in [2.45, 2.75) is 32.8 Å². The molecule has 0 bridgehead atoms. The second kappa shape index (κ2) is 6.22. The van der Waals surface area contributed by atoms with E-state index in [2.05, 4.69) is 34.7 Å². The molecule has 4 nitrogen and oxygen atoms in total. The molecule has 0 saturated carbocycles. The largest absolute Gasteiger partial charge is 0.444 e. The highest BCUT2D eigenvalue weighted by molar-refractivity contribution is 14.1. The zero-order valence-electron chi connectivity index (χ0n) is 12.5. The minimum absolute atomic E-state index is 0.237. The molecule has 1 saturated heterocycles. The summed E-state index contributed by atoms with van der Waals surface area (Å²) in [4.78, 5) is 13.6. The summed E-state index contributed by atoms with van der Waals surface area (Å²) in [6.45, 7) is 7.07. The van der Waals surface area contributed by atoms with E-state index in [1.54, 1.807) is 4.90 Å². The lowest BCUT2D eigenvalue weighted by atomic mass is 9.92. The Balaban J connectivity index is 1.89. The fraction of sp³-hybridized carbons (Fsp3) is 0.500. The van der Waals surface area contributed by atoms with Gasteiger partial charge in [0.15, 0.2) is 0 Å². The summed E-state index contributed by atoms with van der Waals surface area (Å²) < 4.78 is 6.36. The molecule has 1 amide bonds. The molecular weight excluding hydrogens is 379 g/mol. The standard InChI is InChI=1S/C16H19IN2O2/c1-16(2,3)21-15(20)19-9-11(10-19)7-12-5-4-6-13(8-18)14(12)17/h4-6,11H,7,9-10H2,1-3H3. The first-order valence-corrected chi connectivity index (χ1v) is 8.03. The van der Waals surface area contributed by atoms with Crippen LogP contribution in [-0.2, 0) is 11.2 Å². The van der Waals surface area contributed by atoms with Crippen LogP contribution >= 0.6 is 22.6 Å². The molecule has 0 aromatic heterocycles. The van der Waals surface area contributed by atoms with Crippen molar-refractivity contribution in [2.24, 2.45) is 5.92 Å². The second-order valence-corrected chi connectivity index (χ2v) is 7.42. The summed E-state index contributed by atoms with van der Waals surface area (Å²) in [7, 11) is 0. The van der Waals surface area contributed by atoms with Gasteiger partial charge in [0.2, 0.25) is 0 Å². The number of amides is 1. The maximum Gasteiger partial charge on any atom is 0.410 e. The number of nitriles is 1. The second-order valence-electron chi connectivity index (χ2n) is 6.35. The topological polar surface area (TPSA) is 53.3 Å². The van der Waals surface area contributed by atoms with E-state index >= 15 is 0 Å². The molecule has 0 spiro atoms. The SMILES string of the molecule is CC(C)(C)OC(=O)N1CC(Cc2cccc(C#N)c2I)C1. The lowest BCUT2D eigenvalue weighted by Gasteiger charge is -2.40. The van der Waals surface area contributed by atoms with Gasteiger partial charge in [0.05, 0.1) is 5.56 Å².